The van der Waals surface area contributed by atoms with Crippen molar-refractivity contribution in [3.05, 3.63) is 60.1 Å². The summed E-state index contributed by atoms with van der Waals surface area (Å²) in [6.07, 6.45) is -0.827. The number of imidazole rings is 1. The summed E-state index contributed by atoms with van der Waals surface area (Å²) in [5.41, 5.74) is 3.90. The lowest BCUT2D eigenvalue weighted by molar-refractivity contribution is -0.193. The number of fused-ring (bicyclic) bond motifs is 2. The molecule has 1 aliphatic heterocycles. The van der Waals surface area contributed by atoms with Crippen LogP contribution in [0.2, 0.25) is 0 Å². The first kappa shape index (κ1) is 37.7. The monoisotopic (exact) mass is 715 g/mol. The second-order valence-corrected chi connectivity index (χ2v) is 11.9. The van der Waals surface area contributed by atoms with E-state index in [1.807, 2.05) is 6.07 Å². The molecule has 4 heterocycles. The quantitative estimate of drug-likeness (QED) is 0.224. The lowest BCUT2D eigenvalue weighted by Crippen LogP contribution is -2.57. The molecule has 1 saturated heterocycles. The minimum Gasteiger partial charge on any atom is -0.475 e. The van der Waals surface area contributed by atoms with Gasteiger partial charge in [0.25, 0.3) is 5.91 Å². The molecule has 12 nitrogen and oxygen atoms in total. The van der Waals surface area contributed by atoms with Gasteiger partial charge in [0, 0.05) is 62.6 Å². The molecule has 1 aromatic carbocycles. The van der Waals surface area contributed by atoms with Gasteiger partial charge in [0.1, 0.15) is 11.0 Å². The molecule has 0 bridgehead atoms. The van der Waals surface area contributed by atoms with E-state index in [1.165, 1.54) is 25.5 Å². The van der Waals surface area contributed by atoms with Crippen molar-refractivity contribution in [3.8, 4) is 0 Å². The molecule has 1 saturated carbocycles. The zero-order valence-corrected chi connectivity index (χ0v) is 26.8. The maximum absolute atomic E-state index is 14.5. The summed E-state index contributed by atoms with van der Waals surface area (Å²) >= 11 is 0. The highest BCUT2D eigenvalue weighted by atomic mass is 19.4. The smallest absolute Gasteiger partial charge is 0.475 e. The summed E-state index contributed by atoms with van der Waals surface area (Å²) in [4.78, 5) is 49.4. The predicted molar refractivity (Wildman–Crippen MR) is 165 cm³/mol. The van der Waals surface area contributed by atoms with Crippen molar-refractivity contribution >= 4 is 45.9 Å². The highest BCUT2D eigenvalue weighted by Crippen LogP contribution is 2.34. The van der Waals surface area contributed by atoms with Gasteiger partial charge < -0.3 is 24.8 Å². The number of nitrogens with zero attached hydrogens (tertiary/aromatic N) is 6. The first-order chi connectivity index (χ1) is 23.3. The van der Waals surface area contributed by atoms with Crippen molar-refractivity contribution in [1.82, 2.24) is 24.3 Å². The van der Waals surface area contributed by atoms with Crippen LogP contribution >= 0.6 is 0 Å². The topological polar surface area (TPSA) is 153 Å². The molecule has 2 fully saturated rings. The van der Waals surface area contributed by atoms with Gasteiger partial charge in [-0.1, -0.05) is 0 Å². The van der Waals surface area contributed by atoms with Crippen molar-refractivity contribution in [1.29, 1.82) is 0 Å². The Morgan fingerprint density at radius 1 is 0.900 bits per heavy atom. The average Bonchev–Trinajstić information content (AvgIpc) is 3.76. The number of aryl methyl sites for hydroxylation is 1. The second-order valence-electron chi connectivity index (χ2n) is 11.9. The summed E-state index contributed by atoms with van der Waals surface area (Å²) in [6, 6.07) is 5.90. The molecule has 270 valence electrons. The van der Waals surface area contributed by atoms with E-state index in [0.29, 0.717) is 40.1 Å². The van der Waals surface area contributed by atoms with Crippen molar-refractivity contribution in [2.75, 3.05) is 29.9 Å². The third-order valence-electron chi connectivity index (χ3n) is 7.83. The van der Waals surface area contributed by atoms with Gasteiger partial charge in [-0.25, -0.2) is 19.0 Å². The number of aromatic nitrogens is 4. The van der Waals surface area contributed by atoms with Crippen LogP contribution in [0.3, 0.4) is 0 Å². The molecule has 19 heteroatoms. The second kappa shape index (κ2) is 14.8. The highest BCUT2D eigenvalue weighted by molar-refractivity contribution is 6.13. The number of carbonyl (C=O) groups excluding carboxylic acids is 1. The Bertz CT molecular complexity index is 1840. The van der Waals surface area contributed by atoms with Crippen molar-refractivity contribution < 1.29 is 55.3 Å². The Kier molecular flexibility index (Phi) is 11.2. The third-order valence-corrected chi connectivity index (χ3v) is 7.83. The van der Waals surface area contributed by atoms with Gasteiger partial charge in [-0.15, -0.1) is 0 Å². The molecule has 2 atom stereocenters. The highest BCUT2D eigenvalue weighted by Gasteiger charge is 2.39. The zero-order chi connectivity index (χ0) is 37.1. The van der Waals surface area contributed by atoms with Crippen molar-refractivity contribution in [2.45, 2.75) is 58.0 Å². The van der Waals surface area contributed by atoms with E-state index in [9.17, 15) is 35.5 Å². The SMILES string of the molecule is Cc1cn2cc(NC(=O)c3ccc(N4C[C@@H](C)N(CC5CC5)[C@@H](C)C4)c4nccnc34)cc(F)c2n1.O=C(O)C(F)(F)F.O=C(O)C(F)(F)F. The number of carboxylic acid groups (broad SMARTS) is 2. The largest absolute Gasteiger partial charge is 0.490 e. The standard InChI is InChI=1S/C27H30FN7O.2C2HF3O2/c1-16-11-34-15-20(10-22(28)26(34)31-16)32-27(36)21-6-7-23(25-24(21)29-8-9-30-25)33-12-17(2)35(18(3)13-33)14-19-4-5-19;2*3-2(4,5)1(6)7/h6-11,15,17-19H,4-5,12-14H2,1-3H3,(H,32,36);2*(H,6,7)/t17-,18+;;. The van der Waals surface area contributed by atoms with E-state index in [1.54, 1.807) is 42.2 Å². The van der Waals surface area contributed by atoms with Gasteiger partial charge in [0.05, 0.1) is 22.6 Å². The molecule has 0 radical (unpaired) electrons. The molecule has 6 rings (SSSR count). The number of hydrogen-bond acceptors (Lipinski definition) is 8. The van der Waals surface area contributed by atoms with Crippen LogP contribution in [0.1, 0.15) is 42.7 Å². The van der Waals surface area contributed by atoms with Crippen LogP contribution in [0, 0.1) is 18.7 Å². The lowest BCUT2D eigenvalue weighted by Gasteiger charge is -2.45. The fourth-order valence-electron chi connectivity index (χ4n) is 5.44. The van der Waals surface area contributed by atoms with E-state index in [0.717, 1.165) is 24.7 Å². The zero-order valence-electron chi connectivity index (χ0n) is 26.8. The normalized spacial score (nSPS) is 18.2. The number of carbonyl (C=O) groups is 3. The van der Waals surface area contributed by atoms with Gasteiger partial charge in [0.15, 0.2) is 11.5 Å². The third kappa shape index (κ3) is 9.33. The maximum atomic E-state index is 14.5. The molecule has 1 aliphatic carbocycles. The van der Waals surface area contributed by atoms with Gasteiger partial charge in [0.2, 0.25) is 0 Å². The summed E-state index contributed by atoms with van der Waals surface area (Å²) in [5.74, 6) is -5.51. The van der Waals surface area contributed by atoms with Crippen molar-refractivity contribution in [3.63, 3.8) is 0 Å². The average molecular weight is 716 g/mol. The summed E-state index contributed by atoms with van der Waals surface area (Å²) < 4.78 is 79.6. The minimum absolute atomic E-state index is 0.229. The van der Waals surface area contributed by atoms with Crippen LogP contribution < -0.4 is 10.2 Å². The fraction of sp³-hybridized carbons (Fsp3) is 0.419. The number of aliphatic carboxylic acids is 2. The Morgan fingerprint density at radius 3 is 1.96 bits per heavy atom. The van der Waals surface area contributed by atoms with E-state index in [-0.39, 0.29) is 11.6 Å². The number of anilines is 2. The number of halogens is 7. The molecule has 0 unspecified atom stereocenters. The summed E-state index contributed by atoms with van der Waals surface area (Å²) in [6.45, 7) is 9.36. The number of hydrogen-bond donors (Lipinski definition) is 3. The molecule has 3 aromatic heterocycles. The Balaban J connectivity index is 0.000000340. The van der Waals surface area contributed by atoms with Gasteiger partial charge in [-0.2, -0.15) is 26.3 Å². The number of rotatable bonds is 5. The molecular weight excluding hydrogens is 683 g/mol. The van der Waals surface area contributed by atoms with E-state index in [2.05, 4.69) is 43.9 Å². The maximum Gasteiger partial charge on any atom is 0.490 e. The van der Waals surface area contributed by atoms with E-state index >= 15 is 0 Å². The molecular formula is C31H32F7N7O5. The lowest BCUT2D eigenvalue weighted by atomic mass is 10.0. The first-order valence-corrected chi connectivity index (χ1v) is 15.1. The van der Waals surface area contributed by atoms with Crippen LogP contribution in [-0.4, -0.2) is 96.4 Å². The van der Waals surface area contributed by atoms with Gasteiger partial charge in [-0.05, 0) is 51.7 Å². The van der Waals surface area contributed by atoms with E-state index < -0.39 is 30.1 Å². The minimum atomic E-state index is -5.08. The molecule has 3 N–H and O–H groups in total. The van der Waals surface area contributed by atoms with Crippen molar-refractivity contribution in [2.24, 2.45) is 5.92 Å². The Labute approximate surface area is 279 Å². The molecule has 0 spiro atoms. The van der Waals surface area contributed by atoms with Crippen LogP contribution in [0.5, 0.6) is 0 Å². The van der Waals surface area contributed by atoms with Gasteiger partial charge >= 0.3 is 24.3 Å². The molecule has 1 amide bonds. The number of amides is 1. The number of carboxylic acids is 2. The predicted octanol–water partition coefficient (Wildman–Crippen LogP) is 5.55. The number of pyridine rings is 1. The Hall–Kier alpha value is -5.07. The van der Waals surface area contributed by atoms with Crippen LogP contribution in [0.25, 0.3) is 16.7 Å². The van der Waals surface area contributed by atoms with Crippen LogP contribution in [0.4, 0.5) is 42.1 Å². The number of alkyl halides is 6. The number of piperazine rings is 1. The molecule has 2 aliphatic rings. The first-order valence-electron chi connectivity index (χ1n) is 15.1. The van der Waals surface area contributed by atoms with Crippen LogP contribution in [-0.2, 0) is 9.59 Å². The van der Waals surface area contributed by atoms with Crippen LogP contribution in [0.15, 0.2) is 43.0 Å². The molecule has 4 aromatic rings. The summed E-state index contributed by atoms with van der Waals surface area (Å²) in [7, 11) is 0. The molecule has 50 heavy (non-hydrogen) atoms. The Morgan fingerprint density at radius 2 is 1.44 bits per heavy atom. The summed E-state index contributed by atoms with van der Waals surface area (Å²) in [5, 5.41) is 17.1. The fourth-order valence-corrected chi connectivity index (χ4v) is 5.44. The van der Waals surface area contributed by atoms with Gasteiger partial charge in [-0.3, -0.25) is 19.7 Å². The number of nitrogens with one attached hydrogen (secondary N) is 1. The number of benzene rings is 1. The van der Waals surface area contributed by atoms with E-state index in [4.69, 9.17) is 19.8 Å².